The Morgan fingerprint density at radius 3 is 2.47 bits per heavy atom. The Balaban J connectivity index is 2.01. The average molecular weight is 433 g/mol. The summed E-state index contributed by atoms with van der Waals surface area (Å²) in [6, 6.07) is 10.5. The van der Waals surface area contributed by atoms with Crippen molar-refractivity contribution in [3.8, 4) is 11.5 Å². The number of amides is 1. The molecule has 0 saturated carbocycles. The smallest absolute Gasteiger partial charge is 0.300 e. The van der Waals surface area contributed by atoms with Crippen molar-refractivity contribution in [2.45, 2.75) is 26.8 Å². The highest BCUT2D eigenvalue weighted by atomic mass is 16.5. The maximum Gasteiger partial charge on any atom is 0.300 e. The van der Waals surface area contributed by atoms with Crippen LogP contribution in [-0.4, -0.2) is 29.0 Å². The SMILES string of the molecule is COc1c(C)cc(C)cc1/C(O)=C1/C(=O)C(=O)N(c2cc(C)ccc2O)C1c1ccco1. The van der Waals surface area contributed by atoms with Gasteiger partial charge in [-0.3, -0.25) is 14.5 Å². The Labute approximate surface area is 185 Å². The van der Waals surface area contributed by atoms with E-state index >= 15 is 0 Å². The summed E-state index contributed by atoms with van der Waals surface area (Å²) in [6.07, 6.45) is 1.42. The summed E-state index contributed by atoms with van der Waals surface area (Å²) in [6.45, 7) is 5.49. The van der Waals surface area contributed by atoms with Crippen LogP contribution in [0, 0.1) is 20.8 Å². The molecule has 1 unspecified atom stereocenters. The molecule has 1 fully saturated rings. The summed E-state index contributed by atoms with van der Waals surface area (Å²) in [5.74, 6) is -1.63. The first-order valence-corrected chi connectivity index (χ1v) is 10.0. The van der Waals surface area contributed by atoms with Crippen molar-refractivity contribution in [3.05, 3.63) is 82.3 Å². The lowest BCUT2D eigenvalue weighted by Gasteiger charge is -2.24. The molecule has 2 heterocycles. The zero-order chi connectivity index (χ0) is 23.2. The molecule has 1 amide bonds. The molecule has 32 heavy (non-hydrogen) atoms. The van der Waals surface area contributed by atoms with Gasteiger partial charge >= 0.3 is 0 Å². The molecule has 0 bridgehead atoms. The number of benzene rings is 2. The number of carbonyl (C=O) groups excluding carboxylic acids is 2. The lowest BCUT2D eigenvalue weighted by atomic mass is 9.96. The molecule has 7 heteroatoms. The fourth-order valence-corrected chi connectivity index (χ4v) is 4.17. The fraction of sp³-hybridized carbons (Fsp3) is 0.200. The number of aryl methyl sites for hydroxylation is 3. The largest absolute Gasteiger partial charge is 0.507 e. The second-order valence-electron chi connectivity index (χ2n) is 7.84. The summed E-state index contributed by atoms with van der Waals surface area (Å²) in [5.41, 5.74) is 2.72. The summed E-state index contributed by atoms with van der Waals surface area (Å²) in [7, 11) is 1.47. The van der Waals surface area contributed by atoms with Crippen molar-refractivity contribution in [2.24, 2.45) is 0 Å². The summed E-state index contributed by atoms with van der Waals surface area (Å²) in [5, 5.41) is 21.8. The van der Waals surface area contributed by atoms with Crippen molar-refractivity contribution >= 4 is 23.1 Å². The van der Waals surface area contributed by atoms with Gasteiger partial charge in [0.2, 0.25) is 0 Å². The van der Waals surface area contributed by atoms with Crippen molar-refractivity contribution in [3.63, 3.8) is 0 Å². The van der Waals surface area contributed by atoms with Crippen molar-refractivity contribution in [1.82, 2.24) is 0 Å². The number of aromatic hydroxyl groups is 1. The van der Waals surface area contributed by atoms with E-state index in [9.17, 15) is 19.8 Å². The van der Waals surface area contributed by atoms with Crippen LogP contribution >= 0.6 is 0 Å². The number of anilines is 1. The minimum absolute atomic E-state index is 0.144. The van der Waals surface area contributed by atoms with Crippen LogP contribution in [0.1, 0.15) is 34.1 Å². The van der Waals surface area contributed by atoms with E-state index in [1.54, 1.807) is 30.3 Å². The Kier molecular flexibility index (Phi) is 5.26. The Morgan fingerprint density at radius 1 is 1.06 bits per heavy atom. The average Bonchev–Trinajstić information content (AvgIpc) is 3.36. The van der Waals surface area contributed by atoms with Crippen LogP contribution in [-0.2, 0) is 9.59 Å². The van der Waals surface area contributed by atoms with Crippen LogP contribution in [0.3, 0.4) is 0 Å². The quantitative estimate of drug-likeness (QED) is 0.356. The third kappa shape index (κ3) is 3.32. The molecule has 2 N–H and O–H groups in total. The standard InChI is InChI=1S/C25H23NO6/c1-13-7-8-18(27)17(12-13)26-21(19-6-5-9-32-19)20(23(29)25(26)30)22(28)16-11-14(2)10-15(3)24(16)31-4/h5-12,21,27-28H,1-4H3/b22-20-. The van der Waals surface area contributed by atoms with Gasteiger partial charge in [-0.25, -0.2) is 0 Å². The van der Waals surface area contributed by atoms with Gasteiger partial charge in [-0.1, -0.05) is 12.1 Å². The second-order valence-corrected chi connectivity index (χ2v) is 7.84. The third-order valence-corrected chi connectivity index (χ3v) is 5.53. The molecule has 0 spiro atoms. The summed E-state index contributed by atoms with van der Waals surface area (Å²) in [4.78, 5) is 27.5. The van der Waals surface area contributed by atoms with Crippen LogP contribution in [0.5, 0.6) is 11.5 Å². The molecule has 4 rings (SSSR count). The zero-order valence-corrected chi connectivity index (χ0v) is 18.2. The van der Waals surface area contributed by atoms with Crippen molar-refractivity contribution < 1.29 is 29.0 Å². The third-order valence-electron chi connectivity index (χ3n) is 5.53. The molecule has 1 aliphatic heterocycles. The first kappa shape index (κ1) is 21.2. The van der Waals surface area contributed by atoms with Crippen LogP contribution in [0.4, 0.5) is 5.69 Å². The molecule has 1 saturated heterocycles. The first-order valence-electron chi connectivity index (χ1n) is 10.0. The highest BCUT2D eigenvalue weighted by Crippen LogP contribution is 2.46. The van der Waals surface area contributed by atoms with E-state index in [0.717, 1.165) is 21.6 Å². The summed E-state index contributed by atoms with van der Waals surface area (Å²) < 4.78 is 11.0. The molecular weight excluding hydrogens is 410 g/mol. The van der Waals surface area contributed by atoms with Gasteiger partial charge in [0.25, 0.3) is 11.7 Å². The van der Waals surface area contributed by atoms with Gasteiger partial charge < -0.3 is 19.4 Å². The van der Waals surface area contributed by atoms with Crippen LogP contribution in [0.25, 0.3) is 5.76 Å². The maximum absolute atomic E-state index is 13.2. The zero-order valence-electron chi connectivity index (χ0n) is 18.2. The van der Waals surface area contributed by atoms with E-state index in [0.29, 0.717) is 11.3 Å². The number of ketones is 1. The van der Waals surface area contributed by atoms with Gasteiger partial charge in [0.05, 0.1) is 30.2 Å². The lowest BCUT2D eigenvalue weighted by Crippen LogP contribution is -2.29. The number of Topliss-reactive ketones (excluding diaryl/α,β-unsaturated/α-hetero) is 1. The number of ether oxygens (including phenoxy) is 1. The number of aliphatic hydroxyl groups is 1. The molecular formula is C25H23NO6. The number of carbonyl (C=O) groups is 2. The molecule has 2 aromatic carbocycles. The molecule has 7 nitrogen and oxygen atoms in total. The lowest BCUT2D eigenvalue weighted by molar-refractivity contribution is -0.132. The minimum Gasteiger partial charge on any atom is -0.507 e. The van der Waals surface area contributed by atoms with Gasteiger partial charge in [0, 0.05) is 0 Å². The van der Waals surface area contributed by atoms with E-state index in [1.807, 2.05) is 26.8 Å². The van der Waals surface area contributed by atoms with Gasteiger partial charge in [-0.05, 0) is 67.8 Å². The van der Waals surface area contributed by atoms with Crippen molar-refractivity contribution in [1.29, 1.82) is 0 Å². The van der Waals surface area contributed by atoms with Gasteiger partial charge in [-0.15, -0.1) is 0 Å². The number of methoxy groups -OCH3 is 1. The highest BCUT2D eigenvalue weighted by molar-refractivity contribution is 6.51. The van der Waals surface area contributed by atoms with E-state index in [1.165, 1.54) is 19.4 Å². The van der Waals surface area contributed by atoms with Crippen molar-refractivity contribution in [2.75, 3.05) is 12.0 Å². The molecule has 1 aromatic heterocycles. The minimum atomic E-state index is -1.07. The Hall–Kier alpha value is -4.00. The van der Waals surface area contributed by atoms with Gasteiger partial charge in [0.1, 0.15) is 29.1 Å². The highest BCUT2D eigenvalue weighted by Gasteiger charge is 2.49. The molecule has 0 radical (unpaired) electrons. The molecule has 1 atom stereocenters. The van der Waals surface area contributed by atoms with Crippen LogP contribution in [0.15, 0.2) is 58.7 Å². The number of phenols is 1. The fourth-order valence-electron chi connectivity index (χ4n) is 4.17. The van der Waals surface area contributed by atoms with Gasteiger partial charge in [-0.2, -0.15) is 0 Å². The number of aliphatic hydroxyl groups excluding tert-OH is 1. The molecule has 1 aliphatic rings. The number of phenolic OH excluding ortho intramolecular Hbond substituents is 1. The monoisotopic (exact) mass is 433 g/mol. The van der Waals surface area contributed by atoms with Gasteiger partial charge in [0.15, 0.2) is 0 Å². The number of rotatable bonds is 4. The summed E-state index contributed by atoms with van der Waals surface area (Å²) >= 11 is 0. The van der Waals surface area contributed by atoms with E-state index in [-0.39, 0.29) is 28.5 Å². The Bertz CT molecular complexity index is 1260. The van der Waals surface area contributed by atoms with Crippen LogP contribution in [0.2, 0.25) is 0 Å². The normalized spacial score (nSPS) is 17.8. The van der Waals surface area contributed by atoms with E-state index in [4.69, 9.17) is 9.15 Å². The second kappa shape index (κ2) is 7.92. The maximum atomic E-state index is 13.2. The number of hydrogen-bond acceptors (Lipinski definition) is 6. The van der Waals surface area contributed by atoms with Crippen LogP contribution < -0.4 is 9.64 Å². The molecule has 0 aliphatic carbocycles. The molecule has 3 aromatic rings. The predicted octanol–water partition coefficient (Wildman–Crippen LogP) is 4.55. The number of hydrogen-bond donors (Lipinski definition) is 2. The van der Waals surface area contributed by atoms with E-state index < -0.39 is 17.7 Å². The number of furan rings is 1. The number of nitrogens with zero attached hydrogens (tertiary/aromatic N) is 1. The first-order chi connectivity index (χ1) is 15.2. The predicted molar refractivity (Wildman–Crippen MR) is 119 cm³/mol. The molecule has 164 valence electrons. The topological polar surface area (TPSA) is 100 Å². The Morgan fingerprint density at radius 2 is 1.81 bits per heavy atom. The van der Waals surface area contributed by atoms with E-state index in [2.05, 4.69) is 0 Å².